The Kier molecular flexibility index (Phi) is 8.86. The fourth-order valence-electron chi connectivity index (χ4n) is 8.84. The van der Waals surface area contributed by atoms with Crippen molar-refractivity contribution in [3.8, 4) is 50.6 Å². The average molecular weight is 789 g/mol. The minimum Gasteiger partial charge on any atom is -0.493 e. The second kappa shape index (κ2) is 15.0. The lowest BCUT2D eigenvalue weighted by atomic mass is 10.00. The third kappa shape index (κ3) is 6.26. The van der Waals surface area contributed by atoms with Crippen LogP contribution in [0.4, 0.5) is 17.1 Å². The van der Waals surface area contributed by atoms with Gasteiger partial charge in [0.1, 0.15) is 11.2 Å². The number of nitrogens with zero attached hydrogens (tertiary/aromatic N) is 2. The van der Waals surface area contributed by atoms with E-state index in [1.165, 1.54) is 22.3 Å². The van der Waals surface area contributed by atoms with Crippen LogP contribution in [0.5, 0.6) is 11.5 Å². The number of anilines is 3. The molecular weight excluding hydrogens is 749 g/mol. The van der Waals surface area contributed by atoms with Gasteiger partial charge in [0.15, 0.2) is 11.5 Å². The highest BCUT2D eigenvalue weighted by Gasteiger charge is 2.24. The maximum absolute atomic E-state index is 6.26. The molecule has 0 atom stereocenters. The van der Waals surface area contributed by atoms with Crippen LogP contribution >= 0.6 is 0 Å². The van der Waals surface area contributed by atoms with Crippen molar-refractivity contribution >= 4 is 60.8 Å². The molecule has 61 heavy (non-hydrogen) atoms. The summed E-state index contributed by atoms with van der Waals surface area (Å²) >= 11 is 0. The van der Waals surface area contributed by atoms with Crippen molar-refractivity contribution in [3.05, 3.63) is 206 Å². The molecule has 0 spiro atoms. The molecule has 5 nitrogen and oxygen atoms in total. The summed E-state index contributed by atoms with van der Waals surface area (Å²) in [6, 6.07) is 73.0. The molecule has 0 amide bonds. The fraction of sp³-hybridized carbons (Fsp3) is 0.0357. The molecule has 2 heterocycles. The molecule has 0 unspecified atom stereocenters. The second-order valence-corrected chi connectivity index (χ2v) is 15.2. The van der Waals surface area contributed by atoms with E-state index >= 15 is 0 Å². The zero-order valence-electron chi connectivity index (χ0n) is 33.7. The lowest BCUT2D eigenvalue weighted by molar-refractivity contribution is 0.356. The van der Waals surface area contributed by atoms with Crippen molar-refractivity contribution in [2.45, 2.75) is 0 Å². The number of para-hydroxylation sites is 1. The molecule has 11 aromatic rings. The van der Waals surface area contributed by atoms with Crippen molar-refractivity contribution in [2.75, 3.05) is 19.1 Å². The third-order valence-corrected chi connectivity index (χ3v) is 11.8. The quantitative estimate of drug-likeness (QED) is 0.146. The lowest BCUT2D eigenvalue weighted by Crippen LogP contribution is -2.10. The largest absolute Gasteiger partial charge is 0.493 e. The van der Waals surface area contributed by atoms with Gasteiger partial charge in [0.25, 0.3) is 0 Å². The van der Waals surface area contributed by atoms with Gasteiger partial charge in [-0.1, -0.05) is 133 Å². The molecule has 0 aliphatic carbocycles. The van der Waals surface area contributed by atoms with Crippen LogP contribution in [0, 0.1) is 0 Å². The Bertz CT molecular complexity index is 3350. The van der Waals surface area contributed by atoms with E-state index < -0.39 is 0 Å². The number of rotatable bonds is 9. The number of fused-ring (bicyclic) bond motifs is 6. The lowest BCUT2D eigenvalue weighted by Gasteiger charge is -2.27. The average Bonchev–Trinajstić information content (AvgIpc) is 3.87. The highest BCUT2D eigenvalue weighted by molar-refractivity contribution is 6.17. The molecule has 2 aromatic heterocycles. The van der Waals surface area contributed by atoms with Crippen molar-refractivity contribution in [1.29, 1.82) is 0 Å². The van der Waals surface area contributed by atoms with Crippen LogP contribution in [0.25, 0.3) is 82.8 Å². The Morgan fingerprint density at radius 3 is 1.49 bits per heavy atom. The van der Waals surface area contributed by atoms with E-state index in [1.54, 1.807) is 14.2 Å². The summed E-state index contributed by atoms with van der Waals surface area (Å²) in [6.07, 6.45) is 0. The molecule has 0 saturated heterocycles. The van der Waals surface area contributed by atoms with Crippen LogP contribution in [-0.4, -0.2) is 18.8 Å². The first kappa shape index (κ1) is 36.1. The predicted octanol–water partition coefficient (Wildman–Crippen LogP) is 15.2. The van der Waals surface area contributed by atoms with Gasteiger partial charge < -0.3 is 23.4 Å². The molecule has 5 heteroatoms. The van der Waals surface area contributed by atoms with Gasteiger partial charge in [-0.3, -0.25) is 0 Å². The summed E-state index contributed by atoms with van der Waals surface area (Å²) < 4.78 is 20.5. The maximum Gasteiger partial charge on any atom is 0.162 e. The van der Waals surface area contributed by atoms with Gasteiger partial charge in [-0.15, -0.1) is 0 Å². The van der Waals surface area contributed by atoms with E-state index in [1.807, 2.05) is 12.1 Å². The smallest absolute Gasteiger partial charge is 0.162 e. The van der Waals surface area contributed by atoms with Gasteiger partial charge in [-0.25, -0.2) is 0 Å². The normalized spacial score (nSPS) is 11.4. The van der Waals surface area contributed by atoms with E-state index in [4.69, 9.17) is 13.9 Å². The molecular formula is C56H40N2O3. The van der Waals surface area contributed by atoms with Crippen LogP contribution in [0.3, 0.4) is 0 Å². The standard InChI is InChI=1S/C56H40N2O3/c1-59-54-35-48-51(36-55(54)60-2)58(45-32-33-53-47(34-45)46-16-9-10-19-52(46)61-53)50-18-11-17-49(56(48)50)57(43-28-24-41(25-29-43)38-14-7-4-8-15-38)44-30-26-42(27-31-44)40-22-20-39(21-23-40)37-12-5-3-6-13-37/h3-36H,1-2H3. The Morgan fingerprint density at radius 2 is 0.902 bits per heavy atom. The summed E-state index contributed by atoms with van der Waals surface area (Å²) in [5.41, 5.74) is 15.0. The Labute approximate surface area is 353 Å². The Hall–Kier alpha value is -8.02. The number of benzene rings is 9. The Balaban J connectivity index is 1.11. The summed E-state index contributed by atoms with van der Waals surface area (Å²) in [6.45, 7) is 0. The highest BCUT2D eigenvalue weighted by Crippen LogP contribution is 2.47. The molecule has 0 N–H and O–H groups in total. The van der Waals surface area contributed by atoms with Crippen LogP contribution < -0.4 is 14.4 Å². The SMILES string of the molecule is COc1cc2c3c(N(c4ccc(-c5ccccc5)cc4)c4ccc(-c5ccc(-c6ccccc6)cc5)cc4)cccc3n(-c3ccc4oc5ccccc5c4c3)c2cc1OC. The zero-order valence-corrected chi connectivity index (χ0v) is 33.7. The molecule has 0 aliphatic rings. The second-order valence-electron chi connectivity index (χ2n) is 15.2. The predicted molar refractivity (Wildman–Crippen MR) is 252 cm³/mol. The van der Waals surface area contributed by atoms with Crippen LogP contribution in [-0.2, 0) is 0 Å². The molecule has 9 aromatic carbocycles. The van der Waals surface area contributed by atoms with Gasteiger partial charge in [-0.05, 0) is 100 Å². The van der Waals surface area contributed by atoms with E-state index in [2.05, 4.69) is 204 Å². The molecule has 292 valence electrons. The van der Waals surface area contributed by atoms with E-state index in [-0.39, 0.29) is 0 Å². The van der Waals surface area contributed by atoms with Crippen LogP contribution in [0.15, 0.2) is 211 Å². The number of aromatic nitrogens is 1. The number of ether oxygens (including phenoxy) is 2. The molecule has 0 fully saturated rings. The van der Waals surface area contributed by atoms with Crippen molar-refractivity contribution < 1.29 is 13.9 Å². The molecule has 0 saturated carbocycles. The number of furan rings is 1. The Morgan fingerprint density at radius 1 is 0.393 bits per heavy atom. The highest BCUT2D eigenvalue weighted by atomic mass is 16.5. The summed E-state index contributed by atoms with van der Waals surface area (Å²) in [5.74, 6) is 1.33. The minimum absolute atomic E-state index is 0.663. The summed E-state index contributed by atoms with van der Waals surface area (Å²) in [7, 11) is 3.38. The first-order chi connectivity index (χ1) is 30.1. The topological polar surface area (TPSA) is 39.8 Å². The fourth-order valence-corrected chi connectivity index (χ4v) is 8.84. The summed E-state index contributed by atoms with van der Waals surface area (Å²) in [5, 5.41) is 4.28. The van der Waals surface area contributed by atoms with E-state index in [0.717, 1.165) is 77.6 Å². The van der Waals surface area contributed by atoms with E-state index in [9.17, 15) is 0 Å². The third-order valence-electron chi connectivity index (χ3n) is 11.8. The van der Waals surface area contributed by atoms with Gasteiger partial charge in [0.05, 0.1) is 30.9 Å². The minimum atomic E-state index is 0.663. The summed E-state index contributed by atoms with van der Waals surface area (Å²) in [4.78, 5) is 2.37. The first-order valence-corrected chi connectivity index (χ1v) is 20.5. The molecule has 0 bridgehead atoms. The van der Waals surface area contributed by atoms with Gasteiger partial charge in [0, 0.05) is 44.7 Å². The maximum atomic E-state index is 6.26. The zero-order chi connectivity index (χ0) is 40.9. The van der Waals surface area contributed by atoms with E-state index in [0.29, 0.717) is 11.5 Å². The van der Waals surface area contributed by atoms with Gasteiger partial charge in [-0.2, -0.15) is 0 Å². The van der Waals surface area contributed by atoms with Crippen molar-refractivity contribution in [1.82, 2.24) is 4.57 Å². The molecule has 0 radical (unpaired) electrons. The van der Waals surface area contributed by atoms with Crippen LogP contribution in [0.2, 0.25) is 0 Å². The molecule has 0 aliphatic heterocycles. The van der Waals surface area contributed by atoms with Gasteiger partial charge in [0.2, 0.25) is 0 Å². The monoisotopic (exact) mass is 788 g/mol. The number of hydrogen-bond donors (Lipinski definition) is 0. The van der Waals surface area contributed by atoms with Crippen molar-refractivity contribution in [2.24, 2.45) is 0 Å². The number of methoxy groups -OCH3 is 2. The molecule has 11 rings (SSSR count). The van der Waals surface area contributed by atoms with Crippen molar-refractivity contribution in [3.63, 3.8) is 0 Å². The van der Waals surface area contributed by atoms with Crippen LogP contribution in [0.1, 0.15) is 0 Å². The first-order valence-electron chi connectivity index (χ1n) is 20.5. The number of hydrogen-bond acceptors (Lipinski definition) is 4. The van der Waals surface area contributed by atoms with Gasteiger partial charge >= 0.3 is 0 Å².